The molecule has 4 aromatic heterocycles. The van der Waals surface area contributed by atoms with Crippen molar-refractivity contribution in [3.05, 3.63) is 107 Å². The highest BCUT2D eigenvalue weighted by atomic mass is 16.5. The molecular weight excluding hydrogens is 440 g/mol. The van der Waals surface area contributed by atoms with Crippen LogP contribution in [0, 0.1) is 13.8 Å². The van der Waals surface area contributed by atoms with Gasteiger partial charge in [0.1, 0.15) is 12.1 Å². The zero-order chi connectivity index (χ0) is 23.5. The highest BCUT2D eigenvalue weighted by molar-refractivity contribution is 5.69. The fourth-order valence-electron chi connectivity index (χ4n) is 4.80. The molecule has 1 atom stereocenters. The van der Waals surface area contributed by atoms with E-state index in [2.05, 4.69) is 18.0 Å². The number of nitrogens with zero attached hydrogens (tertiary/aromatic N) is 6. The lowest BCUT2D eigenvalue weighted by Gasteiger charge is -2.24. The predicted molar refractivity (Wildman–Crippen MR) is 129 cm³/mol. The van der Waals surface area contributed by atoms with Crippen molar-refractivity contribution in [1.82, 2.24) is 29.4 Å². The molecule has 2 aromatic carbocycles. The maximum absolute atomic E-state index is 6.43. The van der Waals surface area contributed by atoms with Gasteiger partial charge in [-0.2, -0.15) is 5.10 Å². The molecule has 35 heavy (non-hydrogen) atoms. The van der Waals surface area contributed by atoms with Crippen LogP contribution in [0.25, 0.3) is 22.7 Å². The summed E-state index contributed by atoms with van der Waals surface area (Å²) in [4.78, 5) is 9.58. The molecule has 0 N–H and O–H groups in total. The first kappa shape index (κ1) is 19.7. The standard InChI is InChI=1S/C27H20N6O2/c1-16-9-6-7-12-19(16)24-29-25-23-22(20-13-8-14-34-20)21-17(2)30-33(18-10-4-3-5-11-18)27(21)35-26(23)28-15-32(25)31-24/h3-15,22H,1-2H3/t22-/m0/s1. The Labute approximate surface area is 200 Å². The molecule has 0 bridgehead atoms. The number of ether oxygens (including phenoxy) is 1. The molecule has 1 aliphatic rings. The molecule has 0 spiro atoms. The summed E-state index contributed by atoms with van der Waals surface area (Å²) < 4.78 is 15.9. The van der Waals surface area contributed by atoms with Crippen LogP contribution in [0.3, 0.4) is 0 Å². The molecule has 170 valence electrons. The number of fused-ring (bicyclic) bond motifs is 4. The minimum atomic E-state index is -0.300. The maximum atomic E-state index is 6.43. The van der Waals surface area contributed by atoms with Crippen molar-refractivity contribution in [2.45, 2.75) is 19.8 Å². The molecular formula is C27H20N6O2. The normalized spacial score (nSPS) is 14.5. The zero-order valence-corrected chi connectivity index (χ0v) is 19.1. The van der Waals surface area contributed by atoms with Gasteiger partial charge in [-0.15, -0.1) is 5.10 Å². The van der Waals surface area contributed by atoms with Crippen molar-refractivity contribution >= 4 is 5.65 Å². The molecule has 8 heteroatoms. The second-order valence-corrected chi connectivity index (χ2v) is 8.58. The number of aryl methyl sites for hydroxylation is 2. The largest absolute Gasteiger partial charge is 0.468 e. The first-order valence-electron chi connectivity index (χ1n) is 11.4. The third-order valence-electron chi connectivity index (χ3n) is 6.43. The Morgan fingerprint density at radius 2 is 1.69 bits per heavy atom. The van der Waals surface area contributed by atoms with Crippen LogP contribution >= 0.6 is 0 Å². The summed E-state index contributed by atoms with van der Waals surface area (Å²) in [6, 6.07) is 21.8. The van der Waals surface area contributed by atoms with Crippen LogP contribution in [-0.2, 0) is 0 Å². The number of para-hydroxylation sites is 1. The van der Waals surface area contributed by atoms with Gasteiger partial charge >= 0.3 is 0 Å². The van der Waals surface area contributed by atoms with Gasteiger partial charge in [-0.3, -0.25) is 0 Å². The third-order valence-corrected chi connectivity index (χ3v) is 6.43. The van der Waals surface area contributed by atoms with E-state index in [1.54, 1.807) is 17.1 Å². The average molecular weight is 460 g/mol. The summed E-state index contributed by atoms with van der Waals surface area (Å²) in [5.74, 6) is 2.19. The van der Waals surface area contributed by atoms with Gasteiger partial charge in [-0.05, 0) is 43.7 Å². The maximum Gasteiger partial charge on any atom is 0.230 e. The van der Waals surface area contributed by atoms with Gasteiger partial charge in [0.2, 0.25) is 11.8 Å². The minimum Gasteiger partial charge on any atom is -0.468 e. The Kier molecular flexibility index (Phi) is 4.17. The molecule has 6 aromatic rings. The molecule has 0 fully saturated rings. The SMILES string of the molecule is Cc1ccccc1-c1nc2c3c(ncn2n1)Oc1c(c(C)nn1-c1ccccc1)[C@@H]3c1ccco1. The molecule has 1 aliphatic heterocycles. The molecule has 5 heterocycles. The van der Waals surface area contributed by atoms with Crippen LogP contribution in [0.4, 0.5) is 0 Å². The number of furan rings is 1. The van der Waals surface area contributed by atoms with Crippen LogP contribution in [0.15, 0.2) is 83.7 Å². The summed E-state index contributed by atoms with van der Waals surface area (Å²) >= 11 is 0. The van der Waals surface area contributed by atoms with E-state index < -0.39 is 0 Å². The summed E-state index contributed by atoms with van der Waals surface area (Å²) in [5.41, 5.74) is 6.23. The number of hydrogen-bond donors (Lipinski definition) is 0. The number of rotatable bonds is 3. The van der Waals surface area contributed by atoms with Gasteiger partial charge in [0.25, 0.3) is 0 Å². The van der Waals surface area contributed by atoms with Gasteiger partial charge in [0.05, 0.1) is 34.7 Å². The fraction of sp³-hybridized carbons (Fsp3) is 0.111. The molecule has 8 nitrogen and oxygen atoms in total. The lowest BCUT2D eigenvalue weighted by Crippen LogP contribution is -2.15. The number of benzene rings is 2. The molecule has 7 rings (SSSR count). The van der Waals surface area contributed by atoms with Gasteiger partial charge in [0, 0.05) is 5.56 Å². The topological polar surface area (TPSA) is 83.3 Å². The van der Waals surface area contributed by atoms with E-state index in [4.69, 9.17) is 24.3 Å². The molecule has 0 saturated heterocycles. The van der Waals surface area contributed by atoms with Crippen molar-refractivity contribution in [3.8, 4) is 28.8 Å². The van der Waals surface area contributed by atoms with Crippen LogP contribution in [-0.4, -0.2) is 29.4 Å². The van der Waals surface area contributed by atoms with Crippen LogP contribution in [0.5, 0.6) is 11.8 Å². The smallest absolute Gasteiger partial charge is 0.230 e. The number of aromatic nitrogens is 6. The van der Waals surface area contributed by atoms with Crippen molar-refractivity contribution in [3.63, 3.8) is 0 Å². The second kappa shape index (κ2) is 7.39. The van der Waals surface area contributed by atoms with Crippen LogP contribution in [0.1, 0.15) is 34.1 Å². The Morgan fingerprint density at radius 1 is 0.857 bits per heavy atom. The van der Waals surface area contributed by atoms with E-state index >= 15 is 0 Å². The van der Waals surface area contributed by atoms with Gasteiger partial charge in [-0.1, -0.05) is 42.5 Å². The first-order chi connectivity index (χ1) is 17.2. The summed E-state index contributed by atoms with van der Waals surface area (Å²) in [6.07, 6.45) is 3.32. The summed E-state index contributed by atoms with van der Waals surface area (Å²) in [7, 11) is 0. The quantitative estimate of drug-likeness (QED) is 0.348. The zero-order valence-electron chi connectivity index (χ0n) is 19.1. The van der Waals surface area contributed by atoms with Crippen LogP contribution in [0.2, 0.25) is 0 Å². The van der Waals surface area contributed by atoms with Crippen molar-refractivity contribution in [1.29, 1.82) is 0 Å². The Bertz CT molecular complexity index is 1700. The Morgan fingerprint density at radius 3 is 2.49 bits per heavy atom. The molecule has 0 aliphatic carbocycles. The van der Waals surface area contributed by atoms with Gasteiger partial charge in [-0.25, -0.2) is 19.2 Å². The van der Waals surface area contributed by atoms with Crippen LogP contribution < -0.4 is 4.74 Å². The monoisotopic (exact) mass is 460 g/mol. The average Bonchev–Trinajstić information content (AvgIpc) is 3.63. The van der Waals surface area contributed by atoms with E-state index in [1.807, 2.05) is 72.3 Å². The van der Waals surface area contributed by atoms with Crippen molar-refractivity contribution in [2.24, 2.45) is 0 Å². The minimum absolute atomic E-state index is 0.300. The third kappa shape index (κ3) is 2.93. The second-order valence-electron chi connectivity index (χ2n) is 8.58. The van der Waals surface area contributed by atoms with Crippen molar-refractivity contribution in [2.75, 3.05) is 0 Å². The van der Waals surface area contributed by atoms with E-state index in [-0.39, 0.29) is 5.92 Å². The van der Waals surface area contributed by atoms with E-state index in [0.29, 0.717) is 23.2 Å². The van der Waals surface area contributed by atoms with Crippen molar-refractivity contribution < 1.29 is 9.15 Å². The Balaban J connectivity index is 1.49. The lowest BCUT2D eigenvalue weighted by atomic mass is 9.88. The molecule has 0 radical (unpaired) electrons. The molecule has 0 unspecified atom stereocenters. The first-order valence-corrected chi connectivity index (χ1v) is 11.4. The fourth-order valence-corrected chi connectivity index (χ4v) is 4.80. The van der Waals surface area contributed by atoms with Gasteiger partial charge < -0.3 is 9.15 Å². The Hall–Kier alpha value is -4.72. The van der Waals surface area contributed by atoms with E-state index in [9.17, 15) is 0 Å². The number of hydrogen-bond acceptors (Lipinski definition) is 6. The lowest BCUT2D eigenvalue weighted by molar-refractivity contribution is 0.392. The molecule has 0 amide bonds. The van der Waals surface area contributed by atoms with E-state index in [0.717, 1.165) is 39.4 Å². The summed E-state index contributed by atoms with van der Waals surface area (Å²) in [6.45, 7) is 4.04. The highest BCUT2D eigenvalue weighted by Crippen LogP contribution is 2.49. The van der Waals surface area contributed by atoms with E-state index in [1.165, 1.54) is 0 Å². The molecule has 0 saturated carbocycles. The highest BCUT2D eigenvalue weighted by Gasteiger charge is 2.39. The van der Waals surface area contributed by atoms with Gasteiger partial charge in [0.15, 0.2) is 11.5 Å². The summed E-state index contributed by atoms with van der Waals surface area (Å²) in [5, 5.41) is 9.56. The predicted octanol–water partition coefficient (Wildman–Crippen LogP) is 5.47.